The van der Waals surface area contributed by atoms with Gasteiger partial charge in [-0.25, -0.2) is 0 Å². The van der Waals surface area contributed by atoms with Crippen molar-refractivity contribution in [2.75, 3.05) is 26.4 Å². The van der Waals surface area contributed by atoms with Crippen LogP contribution in [0, 0.1) is 0 Å². The fraction of sp³-hybridized carbons (Fsp3) is 0.619. The predicted molar refractivity (Wildman–Crippen MR) is 108 cm³/mol. The van der Waals surface area contributed by atoms with Crippen LogP contribution in [0.2, 0.25) is 0 Å². The highest BCUT2D eigenvalue weighted by molar-refractivity contribution is 7.21. The number of halogens is 2. The summed E-state index contributed by atoms with van der Waals surface area (Å²) >= 11 is 2.96. The van der Waals surface area contributed by atoms with Crippen LogP contribution in [0.3, 0.4) is 0 Å². The van der Waals surface area contributed by atoms with E-state index in [-0.39, 0.29) is 26.4 Å². The Morgan fingerprint density at radius 2 is 1.66 bits per heavy atom. The zero-order valence-electron chi connectivity index (χ0n) is 16.3. The van der Waals surface area contributed by atoms with Gasteiger partial charge in [-0.15, -0.1) is 22.7 Å². The van der Waals surface area contributed by atoms with Gasteiger partial charge in [0.1, 0.15) is 0 Å². The fourth-order valence-corrected chi connectivity index (χ4v) is 6.92. The fourth-order valence-electron chi connectivity index (χ4n) is 4.49. The lowest BCUT2D eigenvalue weighted by Gasteiger charge is -2.36. The summed E-state index contributed by atoms with van der Waals surface area (Å²) in [4.78, 5) is 2.45. The molecule has 29 heavy (non-hydrogen) atoms. The molecule has 5 rings (SSSR count). The SMILES string of the molecule is CCCCCCc1ccsc1-c1cc2c(s1)C1(OCCO1)C(F)(F)C21OCCO1. The zero-order valence-corrected chi connectivity index (χ0v) is 17.9. The molecule has 0 radical (unpaired) electrons. The van der Waals surface area contributed by atoms with Crippen LogP contribution in [0.1, 0.15) is 48.6 Å². The number of alkyl halides is 2. The molecule has 2 saturated heterocycles. The number of thiophene rings is 2. The van der Waals surface area contributed by atoms with Crippen molar-refractivity contribution in [2.24, 2.45) is 0 Å². The lowest BCUT2D eigenvalue weighted by Crippen LogP contribution is -2.54. The van der Waals surface area contributed by atoms with Crippen molar-refractivity contribution in [3.8, 4) is 9.75 Å². The Bertz CT molecular complexity index is 836. The summed E-state index contributed by atoms with van der Waals surface area (Å²) in [5.41, 5.74) is 1.62. The molecule has 4 heterocycles. The molecule has 2 aromatic heterocycles. The van der Waals surface area contributed by atoms with E-state index >= 15 is 8.78 Å². The molecule has 0 saturated carbocycles. The van der Waals surface area contributed by atoms with Crippen molar-refractivity contribution in [3.63, 3.8) is 0 Å². The van der Waals surface area contributed by atoms with Crippen LogP contribution in [0.5, 0.6) is 0 Å². The maximum atomic E-state index is 15.6. The second-order valence-electron chi connectivity index (χ2n) is 7.64. The van der Waals surface area contributed by atoms with Crippen molar-refractivity contribution in [1.29, 1.82) is 0 Å². The molecule has 0 bridgehead atoms. The van der Waals surface area contributed by atoms with Gasteiger partial charge in [0, 0.05) is 15.3 Å². The molecule has 2 aromatic rings. The third-order valence-electron chi connectivity index (χ3n) is 5.87. The quantitative estimate of drug-likeness (QED) is 0.542. The van der Waals surface area contributed by atoms with E-state index in [9.17, 15) is 0 Å². The molecule has 2 spiro atoms. The molecule has 0 unspecified atom stereocenters. The van der Waals surface area contributed by atoms with Gasteiger partial charge in [-0.05, 0) is 35.9 Å². The molecule has 0 amide bonds. The standard InChI is InChI=1S/C21H24F2O4S2/c1-2-3-4-5-6-14-7-12-28-17(14)16-13-15-18(29-16)20(26-10-11-27-20)21(22,23)19(15)24-8-9-25-19/h7,12-13H,2-6,8-11H2,1H3. The first kappa shape index (κ1) is 20.0. The molecule has 8 heteroatoms. The van der Waals surface area contributed by atoms with Gasteiger partial charge in [0.25, 0.3) is 11.6 Å². The molecule has 2 aliphatic heterocycles. The van der Waals surface area contributed by atoms with Gasteiger partial charge in [-0.3, -0.25) is 0 Å². The minimum atomic E-state index is -3.45. The average molecular weight is 443 g/mol. The second kappa shape index (κ2) is 7.35. The topological polar surface area (TPSA) is 36.9 Å². The Labute approximate surface area is 176 Å². The summed E-state index contributed by atoms with van der Waals surface area (Å²) in [5.74, 6) is -7.70. The molecule has 4 nitrogen and oxygen atoms in total. The predicted octanol–water partition coefficient (Wildman–Crippen LogP) is 5.65. The van der Waals surface area contributed by atoms with Crippen molar-refractivity contribution in [2.45, 2.75) is 56.5 Å². The van der Waals surface area contributed by atoms with E-state index in [1.165, 1.54) is 36.2 Å². The van der Waals surface area contributed by atoms with Gasteiger partial charge in [0.15, 0.2) is 0 Å². The van der Waals surface area contributed by atoms with Crippen LogP contribution in [-0.2, 0) is 36.9 Å². The van der Waals surface area contributed by atoms with Crippen molar-refractivity contribution in [1.82, 2.24) is 0 Å². The smallest absolute Gasteiger partial charge is 0.339 e. The van der Waals surface area contributed by atoms with Crippen LogP contribution in [0.4, 0.5) is 8.78 Å². The van der Waals surface area contributed by atoms with E-state index in [1.54, 1.807) is 17.4 Å². The summed E-state index contributed by atoms with van der Waals surface area (Å²) in [6.45, 7) is 2.70. The first-order valence-corrected chi connectivity index (χ1v) is 11.9. The normalized spacial score (nSPS) is 23.4. The van der Waals surface area contributed by atoms with Gasteiger partial charge in [0.05, 0.1) is 31.3 Å². The Hall–Kier alpha value is -0.900. The first-order chi connectivity index (χ1) is 14.1. The number of fused-ring (bicyclic) bond motifs is 3. The summed E-state index contributed by atoms with van der Waals surface area (Å²) in [6.07, 6.45) is 5.76. The van der Waals surface area contributed by atoms with Crippen LogP contribution < -0.4 is 0 Å². The van der Waals surface area contributed by atoms with E-state index < -0.39 is 17.5 Å². The van der Waals surface area contributed by atoms with Gasteiger partial charge >= 0.3 is 5.92 Å². The lowest BCUT2D eigenvalue weighted by molar-refractivity contribution is -0.387. The van der Waals surface area contributed by atoms with E-state index in [0.29, 0.717) is 10.4 Å². The van der Waals surface area contributed by atoms with E-state index in [2.05, 4.69) is 18.4 Å². The largest absolute Gasteiger partial charge is 0.363 e. The molecule has 1 aliphatic carbocycles. The third-order valence-corrected chi connectivity index (χ3v) is 8.22. The molecular weight excluding hydrogens is 418 g/mol. The van der Waals surface area contributed by atoms with Crippen LogP contribution in [-0.4, -0.2) is 32.4 Å². The summed E-state index contributed by atoms with van der Waals surface area (Å²) < 4.78 is 53.4. The summed E-state index contributed by atoms with van der Waals surface area (Å²) in [5, 5.41) is 2.07. The number of unbranched alkanes of at least 4 members (excludes halogenated alkanes) is 3. The van der Waals surface area contributed by atoms with E-state index in [4.69, 9.17) is 18.9 Å². The first-order valence-electron chi connectivity index (χ1n) is 10.2. The highest BCUT2D eigenvalue weighted by Crippen LogP contribution is 2.66. The third kappa shape index (κ3) is 2.73. The Morgan fingerprint density at radius 1 is 0.966 bits per heavy atom. The Kier molecular flexibility index (Phi) is 5.08. The summed E-state index contributed by atoms with van der Waals surface area (Å²) in [6, 6.07) is 3.95. The Morgan fingerprint density at radius 3 is 2.34 bits per heavy atom. The van der Waals surface area contributed by atoms with Crippen LogP contribution in [0.15, 0.2) is 17.5 Å². The molecule has 3 aliphatic rings. The van der Waals surface area contributed by atoms with Crippen molar-refractivity contribution >= 4 is 22.7 Å². The molecule has 2 fully saturated rings. The van der Waals surface area contributed by atoms with Crippen molar-refractivity contribution < 1.29 is 27.7 Å². The monoisotopic (exact) mass is 442 g/mol. The molecular formula is C21H24F2O4S2. The minimum absolute atomic E-state index is 0.123. The summed E-state index contributed by atoms with van der Waals surface area (Å²) in [7, 11) is 0. The number of rotatable bonds is 6. The van der Waals surface area contributed by atoms with E-state index in [0.717, 1.165) is 22.6 Å². The average Bonchev–Trinajstić information content (AvgIpc) is 3.50. The molecule has 0 aromatic carbocycles. The molecule has 0 N–H and O–H groups in total. The lowest BCUT2D eigenvalue weighted by atomic mass is 10.0. The van der Waals surface area contributed by atoms with Crippen LogP contribution in [0.25, 0.3) is 9.75 Å². The van der Waals surface area contributed by atoms with Gasteiger partial charge in [-0.2, -0.15) is 8.78 Å². The number of hydrogen-bond acceptors (Lipinski definition) is 6. The van der Waals surface area contributed by atoms with Gasteiger partial charge < -0.3 is 18.9 Å². The second-order valence-corrected chi connectivity index (χ2v) is 9.61. The van der Waals surface area contributed by atoms with Gasteiger partial charge in [-0.1, -0.05) is 26.2 Å². The molecule has 158 valence electrons. The maximum absolute atomic E-state index is 15.6. The van der Waals surface area contributed by atoms with Gasteiger partial charge in [0.2, 0.25) is 0 Å². The van der Waals surface area contributed by atoms with Crippen LogP contribution >= 0.6 is 22.7 Å². The number of aryl methyl sites for hydroxylation is 1. The Balaban J connectivity index is 1.54. The highest BCUT2D eigenvalue weighted by Gasteiger charge is 2.81. The molecule has 0 atom stereocenters. The minimum Gasteiger partial charge on any atom is -0.339 e. The zero-order chi connectivity index (χ0) is 20.1. The number of ether oxygens (including phenoxy) is 4. The van der Waals surface area contributed by atoms with Crippen molar-refractivity contribution in [3.05, 3.63) is 33.5 Å². The number of hydrogen-bond donors (Lipinski definition) is 0. The highest BCUT2D eigenvalue weighted by atomic mass is 32.1. The maximum Gasteiger partial charge on any atom is 0.363 e. The van der Waals surface area contributed by atoms with E-state index in [1.807, 2.05) is 0 Å².